The van der Waals surface area contributed by atoms with Gasteiger partial charge in [-0.3, -0.25) is 9.59 Å². The van der Waals surface area contributed by atoms with Gasteiger partial charge in [0.15, 0.2) is 11.5 Å². The van der Waals surface area contributed by atoms with Crippen molar-refractivity contribution in [1.29, 1.82) is 0 Å². The molecule has 2 N–H and O–H groups in total. The summed E-state index contributed by atoms with van der Waals surface area (Å²) in [6, 6.07) is 5.28. The molecule has 6 nitrogen and oxygen atoms in total. The van der Waals surface area contributed by atoms with E-state index in [1.54, 1.807) is 25.3 Å². The molecule has 0 aromatic heterocycles. The summed E-state index contributed by atoms with van der Waals surface area (Å²) in [5.41, 5.74) is -0.462. The second-order valence-electron chi connectivity index (χ2n) is 7.99. The molecule has 0 heterocycles. The number of carbonyl (C=O) groups is 2. The monoisotopic (exact) mass is 350 g/mol. The molecule has 1 aromatic rings. The summed E-state index contributed by atoms with van der Waals surface area (Å²) in [6.45, 7) is 10.9. The number of nitrogens with one attached hydrogen (secondary N) is 2. The molecule has 1 rings (SSSR count). The van der Waals surface area contributed by atoms with Crippen molar-refractivity contribution in [3.8, 4) is 11.5 Å². The number of methoxy groups -OCH3 is 2. The average Bonchev–Trinajstić information content (AvgIpc) is 2.51. The van der Waals surface area contributed by atoms with Crippen LogP contribution in [0.2, 0.25) is 0 Å². The van der Waals surface area contributed by atoms with E-state index in [-0.39, 0.29) is 11.8 Å². The first-order valence-corrected chi connectivity index (χ1v) is 8.24. The zero-order chi connectivity index (χ0) is 19.4. The maximum Gasteiger partial charge on any atom is 0.227 e. The summed E-state index contributed by atoms with van der Waals surface area (Å²) in [5, 5.41) is 5.80. The Kier molecular flexibility index (Phi) is 6.46. The van der Waals surface area contributed by atoms with Gasteiger partial charge in [0.1, 0.15) is 6.17 Å². The number of benzene rings is 1. The van der Waals surface area contributed by atoms with Crippen LogP contribution in [0.4, 0.5) is 0 Å². The summed E-state index contributed by atoms with van der Waals surface area (Å²) in [7, 11) is 3.09. The zero-order valence-electron chi connectivity index (χ0n) is 16.4. The van der Waals surface area contributed by atoms with Crippen LogP contribution in [0.1, 0.15) is 53.3 Å². The molecule has 0 radical (unpaired) electrons. The van der Waals surface area contributed by atoms with Crippen molar-refractivity contribution in [2.45, 2.75) is 47.7 Å². The van der Waals surface area contributed by atoms with Gasteiger partial charge in [0.2, 0.25) is 11.8 Å². The molecule has 0 atom stereocenters. The molecule has 0 aliphatic heterocycles. The highest BCUT2D eigenvalue weighted by Gasteiger charge is 2.29. The third kappa shape index (κ3) is 5.66. The minimum Gasteiger partial charge on any atom is -0.493 e. The fourth-order valence-electron chi connectivity index (χ4n) is 1.93. The molecule has 2 amide bonds. The molecule has 6 heteroatoms. The van der Waals surface area contributed by atoms with Crippen LogP contribution in [0.15, 0.2) is 18.2 Å². The molecule has 1 aromatic carbocycles. The van der Waals surface area contributed by atoms with Gasteiger partial charge in [0.05, 0.1) is 14.2 Å². The fraction of sp³-hybridized carbons (Fsp3) is 0.579. The van der Waals surface area contributed by atoms with Crippen LogP contribution in [0.3, 0.4) is 0 Å². The van der Waals surface area contributed by atoms with Gasteiger partial charge in [0.25, 0.3) is 0 Å². The molecule has 0 aliphatic rings. The Morgan fingerprint density at radius 3 is 1.64 bits per heavy atom. The van der Waals surface area contributed by atoms with Crippen molar-refractivity contribution in [2.24, 2.45) is 10.8 Å². The minimum atomic E-state index is -0.668. The van der Waals surface area contributed by atoms with Crippen molar-refractivity contribution in [1.82, 2.24) is 10.6 Å². The van der Waals surface area contributed by atoms with E-state index in [1.165, 1.54) is 7.11 Å². The van der Waals surface area contributed by atoms with E-state index in [0.29, 0.717) is 17.1 Å². The topological polar surface area (TPSA) is 76.7 Å². The van der Waals surface area contributed by atoms with Gasteiger partial charge >= 0.3 is 0 Å². The van der Waals surface area contributed by atoms with Gasteiger partial charge < -0.3 is 20.1 Å². The molecule has 0 fully saturated rings. The van der Waals surface area contributed by atoms with Crippen molar-refractivity contribution < 1.29 is 19.1 Å². The highest BCUT2D eigenvalue weighted by atomic mass is 16.5. The molecule has 140 valence electrons. The number of ether oxygens (including phenoxy) is 2. The summed E-state index contributed by atoms with van der Waals surface area (Å²) in [6.07, 6.45) is -0.668. The van der Waals surface area contributed by atoms with Gasteiger partial charge in [-0.1, -0.05) is 47.6 Å². The Balaban J connectivity index is 3.22. The quantitative estimate of drug-likeness (QED) is 0.800. The largest absolute Gasteiger partial charge is 0.493 e. The SMILES string of the molecule is COc1ccc(C(NC(=O)C(C)(C)C)NC(=O)C(C)(C)C)cc1OC. The lowest BCUT2D eigenvalue weighted by atomic mass is 9.94. The minimum absolute atomic E-state index is 0.165. The van der Waals surface area contributed by atoms with Crippen molar-refractivity contribution in [3.05, 3.63) is 23.8 Å². The van der Waals surface area contributed by atoms with E-state index in [9.17, 15) is 9.59 Å². The van der Waals surface area contributed by atoms with E-state index in [1.807, 2.05) is 41.5 Å². The summed E-state index contributed by atoms with van der Waals surface area (Å²) >= 11 is 0. The van der Waals surface area contributed by atoms with E-state index in [2.05, 4.69) is 10.6 Å². The van der Waals surface area contributed by atoms with Crippen LogP contribution in [-0.4, -0.2) is 26.0 Å². The van der Waals surface area contributed by atoms with Crippen LogP contribution in [0.25, 0.3) is 0 Å². The first-order chi connectivity index (χ1) is 11.4. The Morgan fingerprint density at radius 1 is 0.840 bits per heavy atom. The number of rotatable bonds is 5. The summed E-state index contributed by atoms with van der Waals surface area (Å²) < 4.78 is 10.6. The predicted molar refractivity (Wildman–Crippen MR) is 97.5 cm³/mol. The smallest absolute Gasteiger partial charge is 0.227 e. The van der Waals surface area contributed by atoms with Gasteiger partial charge in [-0.15, -0.1) is 0 Å². The maximum absolute atomic E-state index is 12.4. The van der Waals surface area contributed by atoms with Gasteiger partial charge in [0, 0.05) is 10.8 Å². The number of hydrogen-bond acceptors (Lipinski definition) is 4. The predicted octanol–water partition coefficient (Wildman–Crippen LogP) is 3.03. The first-order valence-electron chi connectivity index (χ1n) is 8.24. The van der Waals surface area contributed by atoms with Crippen molar-refractivity contribution in [2.75, 3.05) is 14.2 Å². The fourth-order valence-corrected chi connectivity index (χ4v) is 1.93. The van der Waals surface area contributed by atoms with E-state index >= 15 is 0 Å². The molecule has 0 spiro atoms. The van der Waals surface area contributed by atoms with E-state index in [0.717, 1.165) is 0 Å². The maximum atomic E-state index is 12.4. The van der Waals surface area contributed by atoms with Gasteiger partial charge in [-0.25, -0.2) is 0 Å². The van der Waals surface area contributed by atoms with Crippen LogP contribution in [-0.2, 0) is 9.59 Å². The van der Waals surface area contributed by atoms with Crippen LogP contribution in [0.5, 0.6) is 11.5 Å². The van der Waals surface area contributed by atoms with Crippen LogP contribution >= 0.6 is 0 Å². The highest BCUT2D eigenvalue weighted by molar-refractivity contribution is 5.84. The first kappa shape index (κ1) is 20.8. The lowest BCUT2D eigenvalue weighted by Crippen LogP contribution is -2.47. The molecule has 25 heavy (non-hydrogen) atoms. The molecular formula is C19H30N2O4. The van der Waals surface area contributed by atoms with E-state index in [4.69, 9.17) is 9.47 Å². The van der Waals surface area contributed by atoms with Gasteiger partial charge in [-0.05, 0) is 17.7 Å². The zero-order valence-corrected chi connectivity index (χ0v) is 16.4. The highest BCUT2D eigenvalue weighted by Crippen LogP contribution is 2.30. The Labute approximate surface area is 150 Å². The third-order valence-electron chi connectivity index (χ3n) is 3.65. The lowest BCUT2D eigenvalue weighted by Gasteiger charge is -2.28. The number of amides is 2. The number of carbonyl (C=O) groups excluding carboxylic acids is 2. The lowest BCUT2D eigenvalue weighted by molar-refractivity contribution is -0.132. The third-order valence-corrected chi connectivity index (χ3v) is 3.65. The Morgan fingerprint density at radius 2 is 1.28 bits per heavy atom. The van der Waals surface area contributed by atoms with Gasteiger partial charge in [-0.2, -0.15) is 0 Å². The average molecular weight is 350 g/mol. The summed E-state index contributed by atoms with van der Waals surface area (Å²) in [4.78, 5) is 24.9. The Bertz CT molecular complexity index is 599. The molecular weight excluding hydrogens is 320 g/mol. The van der Waals surface area contributed by atoms with Crippen LogP contribution < -0.4 is 20.1 Å². The molecule has 0 aliphatic carbocycles. The second-order valence-corrected chi connectivity index (χ2v) is 7.99. The van der Waals surface area contributed by atoms with Crippen LogP contribution in [0, 0.1) is 10.8 Å². The second kappa shape index (κ2) is 7.76. The van der Waals surface area contributed by atoms with E-state index < -0.39 is 17.0 Å². The van der Waals surface area contributed by atoms with Crippen molar-refractivity contribution >= 4 is 11.8 Å². The molecule has 0 unspecified atom stereocenters. The standard InChI is InChI=1S/C19H30N2O4/c1-18(2,3)16(22)20-15(21-17(23)19(4,5)6)12-9-10-13(24-7)14(11-12)25-8/h9-11,15H,1-8H3,(H,20,22)(H,21,23). The van der Waals surface area contributed by atoms with Crippen molar-refractivity contribution in [3.63, 3.8) is 0 Å². The Hall–Kier alpha value is -2.24. The number of hydrogen-bond donors (Lipinski definition) is 2. The summed E-state index contributed by atoms with van der Waals surface area (Å²) in [5.74, 6) is 0.775. The molecule has 0 saturated heterocycles. The molecule has 0 bridgehead atoms. The molecule has 0 saturated carbocycles. The normalized spacial score (nSPS) is 11.9.